The lowest BCUT2D eigenvalue weighted by Gasteiger charge is -2.19. The van der Waals surface area contributed by atoms with E-state index in [1.54, 1.807) is 17.7 Å². The zero-order chi connectivity index (χ0) is 16.5. The Morgan fingerprint density at radius 2 is 2.08 bits per heavy atom. The van der Waals surface area contributed by atoms with Crippen LogP contribution < -0.4 is 0 Å². The molecule has 3 aromatic rings. The van der Waals surface area contributed by atoms with Crippen molar-refractivity contribution in [3.63, 3.8) is 0 Å². The third-order valence-corrected chi connectivity index (χ3v) is 5.45. The average Bonchev–Trinajstić information content (AvgIpc) is 3.10. The molecule has 1 aliphatic heterocycles. The molecule has 1 fully saturated rings. The van der Waals surface area contributed by atoms with Crippen LogP contribution in [0.4, 0.5) is 0 Å². The number of fused-ring (bicyclic) bond motifs is 1. The van der Waals surface area contributed by atoms with Crippen molar-refractivity contribution in [1.29, 1.82) is 0 Å². The molecule has 0 N–H and O–H groups in total. The van der Waals surface area contributed by atoms with Crippen LogP contribution in [-0.4, -0.2) is 62.8 Å². The lowest BCUT2D eigenvalue weighted by Crippen LogP contribution is -2.29. The van der Waals surface area contributed by atoms with Gasteiger partial charge in [-0.1, -0.05) is 0 Å². The van der Waals surface area contributed by atoms with E-state index >= 15 is 0 Å². The van der Waals surface area contributed by atoms with Crippen LogP contribution in [-0.2, 0) is 6.54 Å². The van der Waals surface area contributed by atoms with E-state index in [0.29, 0.717) is 0 Å². The molecule has 4 rings (SSSR count). The molecule has 24 heavy (non-hydrogen) atoms. The van der Waals surface area contributed by atoms with E-state index in [1.165, 1.54) is 17.7 Å². The smallest absolute Gasteiger partial charge is 0.146 e. The minimum atomic E-state index is 0.841. The maximum Gasteiger partial charge on any atom is 0.146 e. The Balaban J connectivity index is 1.59. The van der Waals surface area contributed by atoms with Gasteiger partial charge in [-0.25, -0.2) is 14.6 Å². The van der Waals surface area contributed by atoms with E-state index in [9.17, 15) is 0 Å². The number of aryl methyl sites for hydroxylation is 1. The summed E-state index contributed by atoms with van der Waals surface area (Å²) in [7, 11) is 2.19. The van der Waals surface area contributed by atoms with Gasteiger partial charge >= 0.3 is 0 Å². The van der Waals surface area contributed by atoms with Gasteiger partial charge in [-0.2, -0.15) is 5.10 Å². The molecule has 0 unspecified atom stereocenters. The predicted octanol–water partition coefficient (Wildman–Crippen LogP) is 2.32. The van der Waals surface area contributed by atoms with E-state index in [4.69, 9.17) is 0 Å². The number of aromatic nitrogens is 4. The molecule has 0 atom stereocenters. The fourth-order valence-electron chi connectivity index (χ4n) is 3.21. The Bertz CT molecular complexity index is 839. The molecule has 0 bridgehead atoms. The summed E-state index contributed by atoms with van der Waals surface area (Å²) in [5.74, 6) is 1.00. The third kappa shape index (κ3) is 3.19. The zero-order valence-corrected chi connectivity index (χ0v) is 15.0. The number of nitrogens with zero attached hydrogens (tertiary/aromatic N) is 6. The fraction of sp³-hybridized carbons (Fsp3) is 0.471. The molecule has 0 radical (unpaired) electrons. The Hall–Kier alpha value is -1.83. The molecule has 1 aromatic carbocycles. The maximum atomic E-state index is 4.53. The summed E-state index contributed by atoms with van der Waals surface area (Å²) in [6.07, 6.45) is 2.86. The zero-order valence-electron chi connectivity index (χ0n) is 14.1. The highest BCUT2D eigenvalue weighted by atomic mass is 32.1. The second-order valence-electron chi connectivity index (χ2n) is 6.41. The van der Waals surface area contributed by atoms with Crippen LogP contribution in [0.5, 0.6) is 0 Å². The summed E-state index contributed by atoms with van der Waals surface area (Å²) in [5, 5.41) is 5.55. The molecule has 6 nitrogen and oxygen atoms in total. The van der Waals surface area contributed by atoms with Crippen LogP contribution in [0, 0.1) is 6.92 Å². The van der Waals surface area contributed by atoms with E-state index in [0.717, 1.165) is 48.2 Å². The van der Waals surface area contributed by atoms with Crippen molar-refractivity contribution in [3.8, 4) is 5.69 Å². The van der Waals surface area contributed by atoms with Gasteiger partial charge in [-0.05, 0) is 51.7 Å². The lowest BCUT2D eigenvalue weighted by atomic mass is 10.3. The molecule has 0 spiro atoms. The average molecular weight is 342 g/mol. The van der Waals surface area contributed by atoms with Gasteiger partial charge in [0.25, 0.3) is 0 Å². The summed E-state index contributed by atoms with van der Waals surface area (Å²) >= 11 is 1.72. The Morgan fingerprint density at radius 3 is 3.00 bits per heavy atom. The molecule has 7 heteroatoms. The molecule has 0 aliphatic carbocycles. The second kappa shape index (κ2) is 6.58. The molecule has 0 amide bonds. The number of likely N-dealkylation sites (N-methyl/N-ethyl adjacent to an activating group) is 1. The van der Waals surface area contributed by atoms with Crippen molar-refractivity contribution in [2.75, 3.05) is 33.2 Å². The number of hydrogen-bond donors (Lipinski definition) is 0. The standard InChI is InChI=1S/C17H22N6S/c1-13-20-15-5-4-14(10-16(15)24-13)23-17(18-12-19-23)11-22-7-3-6-21(2)8-9-22/h4-5,10,12H,3,6-9,11H2,1-2H3. The molecule has 2 aromatic heterocycles. The Morgan fingerprint density at radius 1 is 1.17 bits per heavy atom. The minimum absolute atomic E-state index is 0.841. The van der Waals surface area contributed by atoms with Crippen molar-refractivity contribution in [2.24, 2.45) is 0 Å². The van der Waals surface area contributed by atoms with Gasteiger partial charge in [-0.3, -0.25) is 4.90 Å². The van der Waals surface area contributed by atoms with Gasteiger partial charge in [0.15, 0.2) is 0 Å². The van der Waals surface area contributed by atoms with Gasteiger partial charge in [-0.15, -0.1) is 11.3 Å². The second-order valence-corrected chi connectivity index (χ2v) is 7.64. The van der Waals surface area contributed by atoms with Crippen molar-refractivity contribution < 1.29 is 0 Å². The monoisotopic (exact) mass is 342 g/mol. The van der Waals surface area contributed by atoms with Gasteiger partial charge in [0, 0.05) is 13.1 Å². The summed E-state index contributed by atoms with van der Waals surface area (Å²) in [5.41, 5.74) is 2.11. The van der Waals surface area contributed by atoms with E-state index < -0.39 is 0 Å². The lowest BCUT2D eigenvalue weighted by molar-refractivity contribution is 0.261. The highest BCUT2D eigenvalue weighted by Gasteiger charge is 2.16. The van der Waals surface area contributed by atoms with Crippen LogP contribution in [0.1, 0.15) is 17.3 Å². The predicted molar refractivity (Wildman–Crippen MR) is 96.7 cm³/mol. The van der Waals surface area contributed by atoms with Crippen molar-refractivity contribution >= 4 is 21.6 Å². The molecule has 0 saturated carbocycles. The topological polar surface area (TPSA) is 50.1 Å². The van der Waals surface area contributed by atoms with Crippen LogP contribution in [0.2, 0.25) is 0 Å². The first-order chi connectivity index (χ1) is 11.7. The van der Waals surface area contributed by atoms with Crippen molar-refractivity contribution in [3.05, 3.63) is 35.4 Å². The Labute approximate surface area is 145 Å². The normalized spacial score (nSPS) is 17.4. The summed E-state index contributed by atoms with van der Waals surface area (Å²) < 4.78 is 3.16. The van der Waals surface area contributed by atoms with E-state index in [2.05, 4.69) is 50.1 Å². The first kappa shape index (κ1) is 15.7. The number of hydrogen-bond acceptors (Lipinski definition) is 6. The van der Waals surface area contributed by atoms with Gasteiger partial charge in [0.05, 0.1) is 27.5 Å². The number of thiazole rings is 1. The van der Waals surface area contributed by atoms with Crippen molar-refractivity contribution in [2.45, 2.75) is 19.9 Å². The SMILES string of the molecule is Cc1nc2ccc(-n3ncnc3CN3CCCN(C)CC3)cc2s1. The van der Waals surface area contributed by atoms with Crippen LogP contribution in [0.15, 0.2) is 24.5 Å². The summed E-state index contributed by atoms with van der Waals surface area (Å²) in [6, 6.07) is 6.31. The molecule has 1 aliphatic rings. The quantitative estimate of drug-likeness (QED) is 0.731. The largest absolute Gasteiger partial charge is 0.305 e. The summed E-state index contributed by atoms with van der Waals surface area (Å²) in [6.45, 7) is 7.36. The van der Waals surface area contributed by atoms with Gasteiger partial charge < -0.3 is 4.90 Å². The van der Waals surface area contributed by atoms with Crippen molar-refractivity contribution in [1.82, 2.24) is 29.5 Å². The third-order valence-electron chi connectivity index (χ3n) is 4.52. The van der Waals surface area contributed by atoms with Crippen LogP contribution >= 0.6 is 11.3 Å². The Kier molecular flexibility index (Phi) is 4.30. The maximum absolute atomic E-state index is 4.53. The molecule has 3 heterocycles. The minimum Gasteiger partial charge on any atom is -0.305 e. The molecule has 1 saturated heterocycles. The summed E-state index contributed by atoms with van der Waals surface area (Å²) in [4.78, 5) is 13.9. The van der Waals surface area contributed by atoms with E-state index in [-0.39, 0.29) is 0 Å². The fourth-order valence-corrected chi connectivity index (χ4v) is 4.07. The highest BCUT2D eigenvalue weighted by Crippen LogP contribution is 2.24. The highest BCUT2D eigenvalue weighted by molar-refractivity contribution is 7.18. The molecule has 126 valence electrons. The van der Waals surface area contributed by atoms with Crippen LogP contribution in [0.3, 0.4) is 0 Å². The van der Waals surface area contributed by atoms with E-state index in [1.807, 2.05) is 11.6 Å². The van der Waals surface area contributed by atoms with Gasteiger partial charge in [0.2, 0.25) is 0 Å². The van der Waals surface area contributed by atoms with Gasteiger partial charge in [0.1, 0.15) is 12.2 Å². The van der Waals surface area contributed by atoms with Crippen LogP contribution in [0.25, 0.3) is 15.9 Å². The number of rotatable bonds is 3. The molecular formula is C17H22N6S. The molecular weight excluding hydrogens is 320 g/mol. The number of benzene rings is 1. The first-order valence-corrected chi connectivity index (χ1v) is 9.18. The first-order valence-electron chi connectivity index (χ1n) is 8.36.